The van der Waals surface area contributed by atoms with Crippen molar-refractivity contribution in [3.05, 3.63) is 168 Å². The smallest absolute Gasteiger partial charge is 0.160 e. The highest BCUT2D eigenvalue weighted by Gasteiger charge is 2.63. The monoisotopic (exact) mass is 552 g/mol. The third-order valence-corrected chi connectivity index (χ3v) is 9.82. The summed E-state index contributed by atoms with van der Waals surface area (Å²) in [4.78, 5) is 10.1. The van der Waals surface area contributed by atoms with Gasteiger partial charge in [-0.2, -0.15) is 0 Å². The van der Waals surface area contributed by atoms with Crippen LogP contribution in [0.3, 0.4) is 0 Å². The molecule has 3 aliphatic rings. The second-order valence-corrected chi connectivity index (χ2v) is 11.9. The van der Waals surface area contributed by atoms with E-state index < -0.39 is 5.41 Å². The van der Waals surface area contributed by atoms with Crippen molar-refractivity contribution < 1.29 is 4.74 Å². The van der Waals surface area contributed by atoms with E-state index in [4.69, 9.17) is 14.7 Å². The molecule has 3 atom stereocenters. The largest absolute Gasteiger partial charge is 0.457 e. The fraction of sp³-hybridized carbons (Fsp3) is 0.100. The van der Waals surface area contributed by atoms with Gasteiger partial charge in [-0.1, -0.05) is 134 Å². The van der Waals surface area contributed by atoms with Crippen LogP contribution in [-0.4, -0.2) is 9.97 Å². The SMILES string of the molecule is CC12C=CC=CC1c1ccccc1C21c2ccccc2Oc2cc(-c3nc(-c4ccccc4)nc4ccccc34)ccc21. The first-order valence-electron chi connectivity index (χ1n) is 14.9. The van der Waals surface area contributed by atoms with E-state index in [1.165, 1.54) is 22.3 Å². The number of benzene rings is 5. The molecule has 0 amide bonds. The highest BCUT2D eigenvalue weighted by atomic mass is 16.5. The number of fused-ring (bicyclic) bond motifs is 10. The quantitative estimate of drug-likeness (QED) is 0.214. The van der Waals surface area contributed by atoms with Crippen LogP contribution in [0.15, 0.2) is 146 Å². The van der Waals surface area contributed by atoms with E-state index in [0.717, 1.165) is 39.2 Å². The third-order valence-electron chi connectivity index (χ3n) is 9.82. The van der Waals surface area contributed by atoms with E-state index in [-0.39, 0.29) is 11.3 Å². The van der Waals surface area contributed by atoms with E-state index in [1.807, 2.05) is 24.3 Å². The van der Waals surface area contributed by atoms with Crippen LogP contribution in [-0.2, 0) is 5.41 Å². The summed E-state index contributed by atoms with van der Waals surface area (Å²) >= 11 is 0. The summed E-state index contributed by atoms with van der Waals surface area (Å²) in [7, 11) is 0. The Hall–Kier alpha value is -5.28. The van der Waals surface area contributed by atoms with Crippen LogP contribution in [0.4, 0.5) is 0 Å². The summed E-state index contributed by atoms with van der Waals surface area (Å²) in [5.41, 5.74) is 8.33. The van der Waals surface area contributed by atoms with Crippen LogP contribution in [0.5, 0.6) is 11.5 Å². The van der Waals surface area contributed by atoms with Gasteiger partial charge < -0.3 is 4.74 Å². The van der Waals surface area contributed by atoms with Crippen molar-refractivity contribution in [1.82, 2.24) is 9.97 Å². The van der Waals surface area contributed by atoms with Gasteiger partial charge in [-0.25, -0.2) is 9.97 Å². The average Bonchev–Trinajstić information content (AvgIpc) is 3.30. The minimum atomic E-state index is -0.416. The molecule has 0 saturated carbocycles. The van der Waals surface area contributed by atoms with Gasteiger partial charge in [0, 0.05) is 39.0 Å². The van der Waals surface area contributed by atoms with E-state index >= 15 is 0 Å². The minimum absolute atomic E-state index is 0.219. The maximum atomic E-state index is 6.81. The van der Waals surface area contributed by atoms with Crippen molar-refractivity contribution in [3.63, 3.8) is 0 Å². The molecule has 2 heterocycles. The predicted molar refractivity (Wildman–Crippen MR) is 172 cm³/mol. The number of hydrogen-bond acceptors (Lipinski definition) is 3. The van der Waals surface area contributed by atoms with Gasteiger partial charge in [-0.05, 0) is 29.3 Å². The van der Waals surface area contributed by atoms with Gasteiger partial charge in [0.05, 0.1) is 16.6 Å². The Morgan fingerprint density at radius 1 is 0.628 bits per heavy atom. The zero-order valence-electron chi connectivity index (χ0n) is 23.7. The molecule has 6 aromatic rings. The summed E-state index contributed by atoms with van der Waals surface area (Å²) in [6.45, 7) is 2.42. The summed E-state index contributed by atoms with van der Waals surface area (Å²) < 4.78 is 6.81. The van der Waals surface area contributed by atoms with Crippen LogP contribution in [0.2, 0.25) is 0 Å². The Morgan fingerprint density at radius 3 is 2.28 bits per heavy atom. The lowest BCUT2D eigenvalue weighted by Crippen LogP contribution is -2.45. The Balaban J connectivity index is 1.32. The van der Waals surface area contributed by atoms with Crippen molar-refractivity contribution in [2.75, 3.05) is 0 Å². The van der Waals surface area contributed by atoms with Gasteiger partial charge in [-0.3, -0.25) is 0 Å². The number of para-hydroxylation sites is 2. The number of aromatic nitrogens is 2. The van der Waals surface area contributed by atoms with Crippen molar-refractivity contribution >= 4 is 10.9 Å². The third kappa shape index (κ3) is 3.19. The number of allylic oxidation sites excluding steroid dienone is 4. The van der Waals surface area contributed by atoms with Gasteiger partial charge in [0.2, 0.25) is 0 Å². The first kappa shape index (κ1) is 24.3. The first-order chi connectivity index (χ1) is 21.2. The van der Waals surface area contributed by atoms with E-state index in [0.29, 0.717) is 5.82 Å². The van der Waals surface area contributed by atoms with E-state index in [2.05, 4.69) is 128 Å². The van der Waals surface area contributed by atoms with Crippen LogP contribution in [0.1, 0.15) is 35.1 Å². The molecule has 3 nitrogen and oxygen atoms in total. The molecule has 9 rings (SSSR count). The van der Waals surface area contributed by atoms with E-state index in [1.54, 1.807) is 0 Å². The highest BCUT2D eigenvalue weighted by molar-refractivity contribution is 5.94. The number of rotatable bonds is 2. The first-order valence-corrected chi connectivity index (χ1v) is 14.9. The van der Waals surface area contributed by atoms with Crippen molar-refractivity contribution in [3.8, 4) is 34.1 Å². The van der Waals surface area contributed by atoms with Crippen molar-refractivity contribution in [2.45, 2.75) is 18.3 Å². The summed E-state index contributed by atoms with van der Waals surface area (Å²) in [5, 5.41) is 1.02. The van der Waals surface area contributed by atoms with Crippen LogP contribution < -0.4 is 4.74 Å². The topological polar surface area (TPSA) is 35.0 Å². The second kappa shape index (κ2) is 8.86. The molecule has 0 fully saturated rings. The van der Waals surface area contributed by atoms with Gasteiger partial charge in [0.1, 0.15) is 11.5 Å². The number of ether oxygens (including phenoxy) is 1. The summed E-state index contributed by atoms with van der Waals surface area (Å²) in [6, 6.07) is 42.7. The van der Waals surface area contributed by atoms with Crippen LogP contribution in [0, 0.1) is 5.41 Å². The average molecular weight is 553 g/mol. The molecule has 204 valence electrons. The predicted octanol–water partition coefficient (Wildman–Crippen LogP) is 9.63. The van der Waals surface area contributed by atoms with Crippen molar-refractivity contribution in [1.29, 1.82) is 0 Å². The van der Waals surface area contributed by atoms with Crippen LogP contribution in [0.25, 0.3) is 33.5 Å². The van der Waals surface area contributed by atoms with Gasteiger partial charge >= 0.3 is 0 Å². The Morgan fingerprint density at radius 2 is 1.37 bits per heavy atom. The molecule has 1 aliphatic heterocycles. The molecule has 43 heavy (non-hydrogen) atoms. The summed E-state index contributed by atoms with van der Waals surface area (Å²) in [5.74, 6) is 2.75. The van der Waals surface area contributed by atoms with Gasteiger partial charge in [0.15, 0.2) is 5.82 Å². The lowest BCUT2D eigenvalue weighted by Gasteiger charge is -2.49. The molecule has 5 aromatic carbocycles. The van der Waals surface area contributed by atoms with Crippen molar-refractivity contribution in [2.24, 2.45) is 5.41 Å². The molecule has 1 spiro atoms. The van der Waals surface area contributed by atoms with Gasteiger partial charge in [0.25, 0.3) is 0 Å². The molecule has 0 saturated heterocycles. The zero-order chi connectivity index (χ0) is 28.6. The Bertz CT molecular complexity index is 2150. The minimum Gasteiger partial charge on any atom is -0.457 e. The Kier molecular flexibility index (Phi) is 5.01. The standard InChI is InChI=1S/C40H28N2O/c1-39-24-12-11-17-30(39)28-15-5-7-18-31(28)40(39)32-19-8-10-21-35(32)43-36-25-27(22-23-33(36)40)37-29-16-6-9-20-34(29)41-38(42-37)26-13-3-2-4-14-26/h2-25,30H,1H3. The molecular weight excluding hydrogens is 524 g/mol. The lowest BCUT2D eigenvalue weighted by atomic mass is 9.54. The molecule has 0 radical (unpaired) electrons. The Labute approximate surface area is 250 Å². The molecule has 3 heteroatoms. The maximum absolute atomic E-state index is 6.81. The fourth-order valence-electron chi connectivity index (χ4n) is 8.00. The zero-order valence-corrected chi connectivity index (χ0v) is 23.7. The molecular formula is C40H28N2O. The molecule has 0 bridgehead atoms. The molecule has 1 aromatic heterocycles. The normalized spacial score (nSPS) is 22.5. The molecule has 2 aliphatic carbocycles. The number of hydrogen-bond donors (Lipinski definition) is 0. The lowest BCUT2D eigenvalue weighted by molar-refractivity contribution is 0.264. The molecule has 0 N–H and O–H groups in total. The maximum Gasteiger partial charge on any atom is 0.160 e. The van der Waals surface area contributed by atoms with Crippen LogP contribution >= 0.6 is 0 Å². The summed E-state index contributed by atoms with van der Waals surface area (Å²) in [6.07, 6.45) is 9.20. The highest BCUT2D eigenvalue weighted by Crippen LogP contribution is 2.70. The molecule has 3 unspecified atom stereocenters. The van der Waals surface area contributed by atoms with E-state index in [9.17, 15) is 0 Å². The number of nitrogens with zero attached hydrogens (tertiary/aromatic N) is 2. The fourth-order valence-corrected chi connectivity index (χ4v) is 8.00. The second-order valence-electron chi connectivity index (χ2n) is 11.9. The van der Waals surface area contributed by atoms with Gasteiger partial charge in [-0.15, -0.1) is 0 Å².